The largest absolute Gasteiger partial charge is 0.508 e. The summed E-state index contributed by atoms with van der Waals surface area (Å²) in [6.45, 7) is 2.06. The number of ether oxygens (including phenoxy) is 1. The fourth-order valence-electron chi connectivity index (χ4n) is 2.38. The standard InChI is InChI=1S/C16H18O5/c1-2-3-4-5-12-9-13(18)16-10(7-15(19)20)6-11(17)8-14(16)21-12/h4-6,8,12,17H,2-3,7,9H2,1H3,(H,19,20). The number of fused-ring (bicyclic) bond motifs is 1. The zero-order chi connectivity index (χ0) is 15.4. The van der Waals surface area contributed by atoms with Crippen LogP contribution in [0.4, 0.5) is 0 Å². The molecule has 1 aliphatic heterocycles. The maximum Gasteiger partial charge on any atom is 0.307 e. The SMILES string of the molecule is CCCC=CC1CC(=O)c2c(CC(=O)O)cc(O)cc2O1. The van der Waals surface area contributed by atoms with Crippen LogP contribution < -0.4 is 4.74 Å². The molecule has 2 rings (SSSR count). The summed E-state index contributed by atoms with van der Waals surface area (Å²) in [6.07, 6.45) is 5.22. The molecule has 0 saturated heterocycles. The molecule has 112 valence electrons. The van der Waals surface area contributed by atoms with E-state index in [4.69, 9.17) is 9.84 Å². The van der Waals surface area contributed by atoms with Gasteiger partial charge in [-0.25, -0.2) is 0 Å². The van der Waals surface area contributed by atoms with Gasteiger partial charge in [-0.3, -0.25) is 9.59 Å². The lowest BCUT2D eigenvalue weighted by Gasteiger charge is -2.25. The van der Waals surface area contributed by atoms with Crippen LogP contribution in [-0.2, 0) is 11.2 Å². The average molecular weight is 290 g/mol. The Morgan fingerprint density at radius 2 is 2.24 bits per heavy atom. The number of phenols is 1. The van der Waals surface area contributed by atoms with Crippen LogP contribution in [0.25, 0.3) is 0 Å². The molecule has 1 aliphatic rings. The van der Waals surface area contributed by atoms with Gasteiger partial charge in [0.2, 0.25) is 0 Å². The molecule has 2 N–H and O–H groups in total. The Morgan fingerprint density at radius 1 is 1.48 bits per heavy atom. The van der Waals surface area contributed by atoms with E-state index in [9.17, 15) is 14.7 Å². The lowest BCUT2D eigenvalue weighted by molar-refractivity contribution is -0.136. The Balaban J connectivity index is 2.32. The maximum atomic E-state index is 12.3. The van der Waals surface area contributed by atoms with Crippen molar-refractivity contribution in [1.29, 1.82) is 0 Å². The summed E-state index contributed by atoms with van der Waals surface area (Å²) in [6, 6.07) is 2.67. The first-order valence-electron chi connectivity index (χ1n) is 6.95. The van der Waals surface area contributed by atoms with Gasteiger partial charge in [0, 0.05) is 6.07 Å². The number of allylic oxidation sites excluding steroid dienone is 1. The van der Waals surface area contributed by atoms with Gasteiger partial charge in [-0.1, -0.05) is 19.4 Å². The van der Waals surface area contributed by atoms with Gasteiger partial charge < -0.3 is 14.9 Å². The van der Waals surface area contributed by atoms with E-state index in [2.05, 4.69) is 6.92 Å². The monoisotopic (exact) mass is 290 g/mol. The zero-order valence-electron chi connectivity index (χ0n) is 11.8. The first kappa shape index (κ1) is 15.1. The van der Waals surface area contributed by atoms with E-state index in [1.54, 1.807) is 0 Å². The Kier molecular flexibility index (Phi) is 4.62. The van der Waals surface area contributed by atoms with Crippen LogP contribution in [0.5, 0.6) is 11.5 Å². The van der Waals surface area contributed by atoms with E-state index in [0.29, 0.717) is 5.56 Å². The van der Waals surface area contributed by atoms with Crippen molar-refractivity contribution in [2.45, 2.75) is 38.7 Å². The molecule has 1 heterocycles. The molecule has 1 aromatic carbocycles. The molecule has 0 radical (unpaired) electrons. The second-order valence-electron chi connectivity index (χ2n) is 5.05. The molecule has 0 bridgehead atoms. The molecular weight excluding hydrogens is 272 g/mol. The Morgan fingerprint density at radius 3 is 2.90 bits per heavy atom. The first-order chi connectivity index (χ1) is 10.0. The van der Waals surface area contributed by atoms with Crippen LogP contribution in [0, 0.1) is 0 Å². The molecule has 1 atom stereocenters. The van der Waals surface area contributed by atoms with E-state index >= 15 is 0 Å². The number of carboxylic acid groups (broad SMARTS) is 1. The van der Waals surface area contributed by atoms with Crippen molar-refractivity contribution in [2.24, 2.45) is 0 Å². The number of phenolic OH excluding ortho intramolecular Hbond substituents is 1. The Hall–Kier alpha value is -2.30. The topological polar surface area (TPSA) is 83.8 Å². The molecule has 0 fully saturated rings. The minimum atomic E-state index is -1.06. The summed E-state index contributed by atoms with van der Waals surface area (Å²) in [4.78, 5) is 23.1. The normalized spacial score (nSPS) is 17.6. The zero-order valence-corrected chi connectivity index (χ0v) is 11.8. The lowest BCUT2D eigenvalue weighted by atomic mass is 9.93. The molecular formula is C16H18O5. The highest BCUT2D eigenvalue weighted by molar-refractivity contribution is 6.02. The quantitative estimate of drug-likeness (QED) is 0.815. The third kappa shape index (κ3) is 3.62. The minimum Gasteiger partial charge on any atom is -0.508 e. The van der Waals surface area contributed by atoms with E-state index in [0.717, 1.165) is 12.8 Å². The van der Waals surface area contributed by atoms with Crippen LogP contribution >= 0.6 is 0 Å². The van der Waals surface area contributed by atoms with Crippen molar-refractivity contribution < 1.29 is 24.5 Å². The number of hydrogen-bond donors (Lipinski definition) is 2. The number of aromatic hydroxyl groups is 1. The van der Waals surface area contributed by atoms with Crippen molar-refractivity contribution in [3.8, 4) is 11.5 Å². The summed E-state index contributed by atoms with van der Waals surface area (Å²) >= 11 is 0. The third-order valence-corrected chi connectivity index (χ3v) is 3.26. The van der Waals surface area contributed by atoms with Crippen LogP contribution in [0.3, 0.4) is 0 Å². The Labute approximate surface area is 122 Å². The molecule has 0 spiro atoms. The predicted molar refractivity (Wildman–Crippen MR) is 76.9 cm³/mol. The summed E-state index contributed by atoms with van der Waals surface area (Å²) in [5.41, 5.74) is 0.564. The van der Waals surface area contributed by atoms with E-state index in [-0.39, 0.29) is 41.8 Å². The van der Waals surface area contributed by atoms with Crippen molar-refractivity contribution >= 4 is 11.8 Å². The predicted octanol–water partition coefficient (Wildman–Crippen LogP) is 2.71. The summed E-state index contributed by atoms with van der Waals surface area (Å²) < 4.78 is 5.69. The average Bonchev–Trinajstić information content (AvgIpc) is 2.37. The van der Waals surface area contributed by atoms with E-state index in [1.807, 2.05) is 12.2 Å². The number of benzene rings is 1. The summed E-state index contributed by atoms with van der Waals surface area (Å²) in [7, 11) is 0. The summed E-state index contributed by atoms with van der Waals surface area (Å²) in [5, 5.41) is 18.6. The van der Waals surface area contributed by atoms with Crippen molar-refractivity contribution in [1.82, 2.24) is 0 Å². The van der Waals surface area contributed by atoms with Gasteiger partial charge >= 0.3 is 5.97 Å². The van der Waals surface area contributed by atoms with Crippen LogP contribution in [0.2, 0.25) is 0 Å². The second kappa shape index (κ2) is 6.43. The number of rotatable bonds is 5. The number of Topliss-reactive ketones (excluding diaryl/α,β-unsaturated/α-hetero) is 1. The molecule has 0 aliphatic carbocycles. The summed E-state index contributed by atoms with van der Waals surface area (Å²) in [5.74, 6) is -1.05. The van der Waals surface area contributed by atoms with Crippen LogP contribution in [0.1, 0.15) is 42.1 Å². The van der Waals surface area contributed by atoms with Gasteiger partial charge in [0.25, 0.3) is 0 Å². The molecule has 0 amide bonds. The highest BCUT2D eigenvalue weighted by atomic mass is 16.5. The second-order valence-corrected chi connectivity index (χ2v) is 5.05. The Bertz CT molecular complexity index is 589. The molecule has 0 saturated carbocycles. The highest BCUT2D eigenvalue weighted by Gasteiger charge is 2.28. The highest BCUT2D eigenvalue weighted by Crippen LogP contribution is 2.34. The molecule has 1 aromatic rings. The molecule has 5 nitrogen and oxygen atoms in total. The smallest absolute Gasteiger partial charge is 0.307 e. The number of unbranched alkanes of at least 4 members (excludes halogenated alkanes) is 1. The molecule has 1 unspecified atom stereocenters. The van der Waals surface area contributed by atoms with Gasteiger partial charge in [0.1, 0.15) is 17.6 Å². The van der Waals surface area contributed by atoms with E-state index < -0.39 is 5.97 Å². The first-order valence-corrected chi connectivity index (χ1v) is 6.95. The van der Waals surface area contributed by atoms with Gasteiger partial charge in [-0.2, -0.15) is 0 Å². The number of aliphatic carboxylic acids is 1. The fraction of sp³-hybridized carbons (Fsp3) is 0.375. The van der Waals surface area contributed by atoms with Gasteiger partial charge in [-0.05, 0) is 24.1 Å². The number of carbonyl (C=O) groups excluding carboxylic acids is 1. The number of carbonyl (C=O) groups is 2. The number of ketones is 1. The minimum absolute atomic E-state index is 0.101. The van der Waals surface area contributed by atoms with Gasteiger partial charge in [-0.15, -0.1) is 0 Å². The maximum absolute atomic E-state index is 12.3. The molecule has 5 heteroatoms. The fourth-order valence-corrected chi connectivity index (χ4v) is 2.38. The number of hydrogen-bond acceptors (Lipinski definition) is 4. The van der Waals surface area contributed by atoms with Gasteiger partial charge in [0.05, 0.1) is 18.4 Å². The van der Waals surface area contributed by atoms with Gasteiger partial charge in [0.15, 0.2) is 5.78 Å². The van der Waals surface area contributed by atoms with Crippen molar-refractivity contribution in [3.63, 3.8) is 0 Å². The molecule has 0 aromatic heterocycles. The van der Waals surface area contributed by atoms with Crippen LogP contribution in [-0.4, -0.2) is 28.1 Å². The number of carboxylic acids is 1. The van der Waals surface area contributed by atoms with Crippen molar-refractivity contribution in [3.05, 3.63) is 35.4 Å². The van der Waals surface area contributed by atoms with Crippen LogP contribution in [0.15, 0.2) is 24.3 Å². The molecule has 21 heavy (non-hydrogen) atoms. The lowest BCUT2D eigenvalue weighted by Crippen LogP contribution is -2.26. The van der Waals surface area contributed by atoms with Crippen molar-refractivity contribution in [2.75, 3.05) is 0 Å². The third-order valence-electron chi connectivity index (χ3n) is 3.26. The van der Waals surface area contributed by atoms with E-state index in [1.165, 1.54) is 12.1 Å².